The standard InChI is InChI=1S/C15H18N2O2/c1-2-12-5-6-17(11-12)15(19)14-8-13(4-3-7-18)9-16-10-14/h8-10,12,18H,2,5-7,11H2,1H3. The van der Waals surface area contributed by atoms with Gasteiger partial charge in [-0.2, -0.15) is 0 Å². The third kappa shape index (κ3) is 3.33. The van der Waals surface area contributed by atoms with Crippen molar-refractivity contribution < 1.29 is 9.90 Å². The molecule has 0 aliphatic carbocycles. The molecule has 1 aliphatic rings. The summed E-state index contributed by atoms with van der Waals surface area (Å²) in [7, 11) is 0. The molecular formula is C15H18N2O2. The van der Waals surface area contributed by atoms with E-state index in [1.165, 1.54) is 0 Å². The minimum Gasteiger partial charge on any atom is -0.384 e. The van der Waals surface area contributed by atoms with Crippen LogP contribution in [0, 0.1) is 17.8 Å². The van der Waals surface area contributed by atoms with E-state index in [0.717, 1.165) is 25.9 Å². The molecule has 1 amide bonds. The van der Waals surface area contributed by atoms with Gasteiger partial charge in [0.1, 0.15) is 6.61 Å². The second-order valence-electron chi connectivity index (χ2n) is 4.74. The molecule has 1 unspecified atom stereocenters. The van der Waals surface area contributed by atoms with Crippen LogP contribution in [0.15, 0.2) is 18.5 Å². The van der Waals surface area contributed by atoms with Crippen molar-refractivity contribution in [1.82, 2.24) is 9.88 Å². The van der Waals surface area contributed by atoms with Crippen LogP contribution in [0.1, 0.15) is 35.7 Å². The lowest BCUT2D eigenvalue weighted by atomic mass is 10.1. The van der Waals surface area contributed by atoms with Crippen molar-refractivity contribution in [3.8, 4) is 11.8 Å². The fourth-order valence-electron chi connectivity index (χ4n) is 2.30. The van der Waals surface area contributed by atoms with Crippen LogP contribution in [-0.4, -0.2) is 40.6 Å². The van der Waals surface area contributed by atoms with Gasteiger partial charge in [0.2, 0.25) is 0 Å². The van der Waals surface area contributed by atoms with Gasteiger partial charge in [0.05, 0.1) is 5.56 Å². The molecule has 0 saturated carbocycles. The van der Waals surface area contributed by atoms with Gasteiger partial charge in [0.25, 0.3) is 5.91 Å². The lowest BCUT2D eigenvalue weighted by molar-refractivity contribution is 0.0786. The first-order valence-electron chi connectivity index (χ1n) is 6.58. The summed E-state index contributed by atoms with van der Waals surface area (Å²) in [5.74, 6) is 5.97. The van der Waals surface area contributed by atoms with Crippen molar-refractivity contribution in [3.05, 3.63) is 29.6 Å². The van der Waals surface area contributed by atoms with Gasteiger partial charge >= 0.3 is 0 Å². The van der Waals surface area contributed by atoms with Crippen molar-refractivity contribution in [1.29, 1.82) is 0 Å². The maximum atomic E-state index is 12.3. The quantitative estimate of drug-likeness (QED) is 0.813. The molecule has 1 aromatic rings. The van der Waals surface area contributed by atoms with E-state index in [1.54, 1.807) is 18.5 Å². The van der Waals surface area contributed by atoms with Crippen molar-refractivity contribution in [2.45, 2.75) is 19.8 Å². The molecule has 0 bridgehead atoms. The second-order valence-corrected chi connectivity index (χ2v) is 4.74. The maximum Gasteiger partial charge on any atom is 0.255 e. The monoisotopic (exact) mass is 258 g/mol. The van der Waals surface area contributed by atoms with Gasteiger partial charge in [-0.25, -0.2) is 0 Å². The van der Waals surface area contributed by atoms with Crippen LogP contribution < -0.4 is 0 Å². The fraction of sp³-hybridized carbons (Fsp3) is 0.467. The summed E-state index contributed by atoms with van der Waals surface area (Å²) < 4.78 is 0. The van der Waals surface area contributed by atoms with Gasteiger partial charge in [0, 0.05) is 31.0 Å². The summed E-state index contributed by atoms with van der Waals surface area (Å²) in [5.41, 5.74) is 1.23. The molecule has 1 fully saturated rings. The lowest BCUT2D eigenvalue weighted by Gasteiger charge is -2.16. The first kappa shape index (κ1) is 13.6. The summed E-state index contributed by atoms with van der Waals surface area (Å²) >= 11 is 0. The van der Waals surface area contributed by atoms with E-state index in [4.69, 9.17) is 5.11 Å². The van der Waals surface area contributed by atoms with Gasteiger partial charge in [0.15, 0.2) is 0 Å². The van der Waals surface area contributed by atoms with Crippen LogP contribution in [-0.2, 0) is 0 Å². The SMILES string of the molecule is CCC1CCN(C(=O)c2cncc(C#CCO)c2)C1. The summed E-state index contributed by atoms with van der Waals surface area (Å²) in [5, 5.41) is 8.67. The Morgan fingerprint density at radius 3 is 3.11 bits per heavy atom. The number of aliphatic hydroxyl groups excluding tert-OH is 1. The third-order valence-corrected chi connectivity index (χ3v) is 3.45. The highest BCUT2D eigenvalue weighted by atomic mass is 16.2. The van der Waals surface area contributed by atoms with Gasteiger partial charge < -0.3 is 10.0 Å². The van der Waals surface area contributed by atoms with Crippen molar-refractivity contribution >= 4 is 5.91 Å². The van der Waals surface area contributed by atoms with Crippen molar-refractivity contribution in [2.24, 2.45) is 5.92 Å². The molecule has 2 heterocycles. The van der Waals surface area contributed by atoms with E-state index in [0.29, 0.717) is 17.0 Å². The number of likely N-dealkylation sites (tertiary alicyclic amines) is 1. The zero-order chi connectivity index (χ0) is 13.7. The molecule has 0 radical (unpaired) electrons. The van der Waals surface area contributed by atoms with Gasteiger partial charge in [-0.3, -0.25) is 9.78 Å². The van der Waals surface area contributed by atoms with E-state index in [1.807, 2.05) is 4.90 Å². The number of amides is 1. The van der Waals surface area contributed by atoms with Crippen LogP contribution >= 0.6 is 0 Å². The number of hydrogen-bond acceptors (Lipinski definition) is 3. The van der Waals surface area contributed by atoms with E-state index in [2.05, 4.69) is 23.7 Å². The lowest BCUT2D eigenvalue weighted by Crippen LogP contribution is -2.28. The Kier molecular flexibility index (Phi) is 4.53. The average molecular weight is 258 g/mol. The maximum absolute atomic E-state index is 12.3. The smallest absolute Gasteiger partial charge is 0.255 e. The Morgan fingerprint density at radius 2 is 2.42 bits per heavy atom. The Labute approximate surface area is 113 Å². The Bertz CT molecular complexity index is 516. The molecule has 4 nitrogen and oxygen atoms in total. The molecule has 19 heavy (non-hydrogen) atoms. The summed E-state index contributed by atoms with van der Waals surface area (Å²) in [4.78, 5) is 18.2. The van der Waals surface area contributed by atoms with E-state index < -0.39 is 0 Å². The molecule has 0 aromatic carbocycles. The molecule has 1 saturated heterocycles. The number of pyridine rings is 1. The minimum absolute atomic E-state index is 0.0242. The average Bonchev–Trinajstić information content (AvgIpc) is 2.93. The predicted octanol–water partition coefficient (Wildman–Crippen LogP) is 1.30. The topological polar surface area (TPSA) is 53.4 Å². The Morgan fingerprint density at radius 1 is 1.58 bits per heavy atom. The summed E-state index contributed by atoms with van der Waals surface area (Å²) in [6, 6.07) is 1.73. The van der Waals surface area contributed by atoms with Gasteiger partial charge in [-0.1, -0.05) is 25.2 Å². The van der Waals surface area contributed by atoms with E-state index in [9.17, 15) is 4.79 Å². The zero-order valence-corrected chi connectivity index (χ0v) is 11.1. The first-order chi connectivity index (χ1) is 9.24. The molecule has 2 rings (SSSR count). The number of aromatic nitrogens is 1. The molecule has 1 N–H and O–H groups in total. The second kappa shape index (κ2) is 6.35. The Balaban J connectivity index is 2.11. The highest BCUT2D eigenvalue weighted by molar-refractivity contribution is 5.94. The number of aliphatic hydroxyl groups is 1. The normalized spacial score (nSPS) is 18.0. The van der Waals surface area contributed by atoms with E-state index >= 15 is 0 Å². The van der Waals surface area contributed by atoms with Crippen LogP contribution in [0.2, 0.25) is 0 Å². The number of hydrogen-bond donors (Lipinski definition) is 1. The largest absolute Gasteiger partial charge is 0.384 e. The molecule has 1 aromatic heterocycles. The molecule has 100 valence electrons. The molecule has 1 atom stereocenters. The number of carbonyl (C=O) groups excluding carboxylic acids is 1. The highest BCUT2D eigenvalue weighted by Crippen LogP contribution is 2.20. The van der Waals surface area contributed by atoms with E-state index in [-0.39, 0.29) is 12.5 Å². The third-order valence-electron chi connectivity index (χ3n) is 3.45. The molecule has 4 heteroatoms. The predicted molar refractivity (Wildman–Crippen MR) is 72.5 cm³/mol. The first-order valence-corrected chi connectivity index (χ1v) is 6.58. The van der Waals surface area contributed by atoms with Crippen LogP contribution in [0.25, 0.3) is 0 Å². The number of nitrogens with zero attached hydrogens (tertiary/aromatic N) is 2. The zero-order valence-electron chi connectivity index (χ0n) is 11.1. The molecular weight excluding hydrogens is 240 g/mol. The fourth-order valence-corrected chi connectivity index (χ4v) is 2.30. The van der Waals surface area contributed by atoms with Crippen LogP contribution in [0.4, 0.5) is 0 Å². The number of rotatable bonds is 2. The summed E-state index contributed by atoms with van der Waals surface area (Å²) in [6.45, 7) is 3.62. The molecule has 1 aliphatic heterocycles. The minimum atomic E-state index is -0.192. The highest BCUT2D eigenvalue weighted by Gasteiger charge is 2.25. The number of carbonyl (C=O) groups is 1. The molecule has 0 spiro atoms. The van der Waals surface area contributed by atoms with Crippen LogP contribution in [0.5, 0.6) is 0 Å². The van der Waals surface area contributed by atoms with Gasteiger partial charge in [-0.05, 0) is 18.4 Å². The van der Waals surface area contributed by atoms with Crippen molar-refractivity contribution in [2.75, 3.05) is 19.7 Å². The van der Waals surface area contributed by atoms with Crippen molar-refractivity contribution in [3.63, 3.8) is 0 Å². The van der Waals surface area contributed by atoms with Crippen LogP contribution in [0.3, 0.4) is 0 Å². The van der Waals surface area contributed by atoms with Gasteiger partial charge in [-0.15, -0.1) is 0 Å². The Hall–Kier alpha value is -1.86. The summed E-state index contributed by atoms with van der Waals surface area (Å²) in [6.07, 6.45) is 5.37.